The quantitative estimate of drug-likeness (QED) is 0.857. The number of anilines is 1. The summed E-state index contributed by atoms with van der Waals surface area (Å²) in [6.07, 6.45) is 4.22. The monoisotopic (exact) mass is 263 g/mol. The Labute approximate surface area is 116 Å². The van der Waals surface area contributed by atoms with Crippen molar-refractivity contribution in [3.63, 3.8) is 0 Å². The van der Waals surface area contributed by atoms with Crippen LogP contribution in [0.3, 0.4) is 0 Å². The van der Waals surface area contributed by atoms with Crippen LogP contribution in [0, 0.1) is 0 Å². The predicted molar refractivity (Wildman–Crippen MR) is 77.5 cm³/mol. The fraction of sp³-hybridized carbons (Fsp3) is 0.733. The zero-order valence-electron chi connectivity index (χ0n) is 12.5. The summed E-state index contributed by atoms with van der Waals surface area (Å²) in [7, 11) is 0. The third-order valence-electron chi connectivity index (χ3n) is 3.89. The Morgan fingerprint density at radius 1 is 1.21 bits per heavy atom. The maximum Gasteiger partial charge on any atom is 0.162 e. The molecule has 19 heavy (non-hydrogen) atoms. The van der Waals surface area contributed by atoms with E-state index in [0.29, 0.717) is 6.61 Å². The van der Waals surface area contributed by atoms with Crippen molar-refractivity contribution in [3.05, 3.63) is 17.1 Å². The summed E-state index contributed by atoms with van der Waals surface area (Å²) in [5.41, 5.74) is 2.14. The first-order valence-electron chi connectivity index (χ1n) is 7.42. The highest BCUT2D eigenvalue weighted by Crippen LogP contribution is 2.32. The zero-order chi connectivity index (χ0) is 13.9. The van der Waals surface area contributed by atoms with E-state index in [9.17, 15) is 0 Å². The lowest BCUT2D eigenvalue weighted by Crippen LogP contribution is -2.29. The Morgan fingerprint density at radius 2 is 2.00 bits per heavy atom. The number of nitrogens with zero attached hydrogens (tertiary/aromatic N) is 2. The van der Waals surface area contributed by atoms with E-state index < -0.39 is 0 Å². The van der Waals surface area contributed by atoms with Crippen molar-refractivity contribution in [2.24, 2.45) is 0 Å². The number of hydrogen-bond donors (Lipinski definition) is 1. The van der Waals surface area contributed by atoms with Crippen LogP contribution >= 0.6 is 0 Å². The van der Waals surface area contributed by atoms with Crippen LogP contribution < -0.4 is 5.32 Å². The molecule has 1 atom stereocenters. The number of ether oxygens (including phenoxy) is 1. The van der Waals surface area contributed by atoms with E-state index in [2.05, 4.69) is 26.1 Å². The normalized spacial score (nSPS) is 17.1. The van der Waals surface area contributed by atoms with Gasteiger partial charge < -0.3 is 10.1 Å². The van der Waals surface area contributed by atoms with Crippen molar-refractivity contribution in [2.45, 2.75) is 59.0 Å². The molecule has 4 heteroatoms. The van der Waals surface area contributed by atoms with E-state index in [1.165, 1.54) is 17.7 Å². The zero-order valence-corrected chi connectivity index (χ0v) is 12.5. The van der Waals surface area contributed by atoms with Gasteiger partial charge in [0.15, 0.2) is 5.82 Å². The second kappa shape index (κ2) is 5.87. The fourth-order valence-electron chi connectivity index (χ4n) is 2.63. The van der Waals surface area contributed by atoms with E-state index in [1.54, 1.807) is 0 Å². The van der Waals surface area contributed by atoms with E-state index in [0.717, 1.165) is 37.4 Å². The summed E-state index contributed by atoms with van der Waals surface area (Å²) >= 11 is 0. The molecule has 1 aromatic rings. The first kappa shape index (κ1) is 14.3. The lowest BCUT2D eigenvalue weighted by molar-refractivity contribution is -0.0390. The van der Waals surface area contributed by atoms with Crippen LogP contribution in [-0.2, 0) is 23.2 Å². The fourth-order valence-corrected chi connectivity index (χ4v) is 2.63. The van der Waals surface area contributed by atoms with Crippen LogP contribution in [0.25, 0.3) is 0 Å². The van der Waals surface area contributed by atoms with Crippen molar-refractivity contribution in [2.75, 3.05) is 18.5 Å². The Hall–Kier alpha value is -1.16. The van der Waals surface area contributed by atoms with E-state index in [1.807, 2.05) is 6.92 Å². The molecule has 0 saturated heterocycles. The first-order valence-corrected chi connectivity index (χ1v) is 7.42. The first-order chi connectivity index (χ1) is 9.14. The SMILES string of the molecule is CCNc1nc(C(C)(CC)OCC)nc2c1CCC2. The number of fused-ring (bicyclic) bond motifs is 1. The Kier molecular flexibility index (Phi) is 4.40. The summed E-state index contributed by atoms with van der Waals surface area (Å²) in [6.45, 7) is 9.90. The highest BCUT2D eigenvalue weighted by molar-refractivity contribution is 5.49. The molecular formula is C15H25N3O. The van der Waals surface area contributed by atoms with Gasteiger partial charge in [0.1, 0.15) is 11.4 Å². The lowest BCUT2D eigenvalue weighted by Gasteiger charge is -2.27. The molecule has 0 bridgehead atoms. The second-order valence-electron chi connectivity index (χ2n) is 5.22. The summed E-state index contributed by atoms with van der Waals surface area (Å²) in [5, 5.41) is 3.38. The average molecular weight is 263 g/mol. The highest BCUT2D eigenvalue weighted by Gasteiger charge is 2.31. The molecule has 4 nitrogen and oxygen atoms in total. The molecule has 0 amide bonds. The van der Waals surface area contributed by atoms with Crippen LogP contribution in [-0.4, -0.2) is 23.1 Å². The third-order valence-corrected chi connectivity index (χ3v) is 3.89. The number of aromatic nitrogens is 2. The topological polar surface area (TPSA) is 47.0 Å². The third kappa shape index (κ3) is 2.73. The molecule has 1 aromatic heterocycles. The highest BCUT2D eigenvalue weighted by atomic mass is 16.5. The molecule has 2 rings (SSSR count). The number of rotatable bonds is 6. The molecule has 0 radical (unpaired) electrons. The standard InChI is InChI=1S/C15H25N3O/c1-5-15(4,19-7-3)14-17-12-10-8-9-11(12)13(18-14)16-6-2/h5-10H2,1-4H3,(H,16,17,18). The van der Waals surface area contributed by atoms with Gasteiger partial charge in [-0.1, -0.05) is 6.92 Å². The molecule has 1 aliphatic rings. The molecule has 0 fully saturated rings. The Bertz CT molecular complexity index is 447. The molecule has 1 heterocycles. The minimum atomic E-state index is -0.378. The van der Waals surface area contributed by atoms with E-state index in [-0.39, 0.29) is 5.60 Å². The van der Waals surface area contributed by atoms with Gasteiger partial charge >= 0.3 is 0 Å². The minimum absolute atomic E-state index is 0.378. The van der Waals surface area contributed by atoms with Gasteiger partial charge in [-0.3, -0.25) is 0 Å². The van der Waals surface area contributed by atoms with Gasteiger partial charge in [-0.05, 0) is 46.5 Å². The van der Waals surface area contributed by atoms with Crippen molar-refractivity contribution < 1.29 is 4.74 Å². The summed E-state index contributed by atoms with van der Waals surface area (Å²) < 4.78 is 5.90. The lowest BCUT2D eigenvalue weighted by atomic mass is 10.0. The van der Waals surface area contributed by atoms with Crippen molar-refractivity contribution in [1.82, 2.24) is 9.97 Å². The summed E-state index contributed by atoms with van der Waals surface area (Å²) in [6, 6.07) is 0. The molecule has 1 N–H and O–H groups in total. The summed E-state index contributed by atoms with van der Waals surface area (Å²) in [5.74, 6) is 1.84. The van der Waals surface area contributed by atoms with Crippen molar-refractivity contribution >= 4 is 5.82 Å². The minimum Gasteiger partial charge on any atom is -0.370 e. The average Bonchev–Trinajstić information content (AvgIpc) is 2.87. The maximum atomic E-state index is 5.90. The number of aryl methyl sites for hydroxylation is 1. The van der Waals surface area contributed by atoms with E-state index in [4.69, 9.17) is 14.7 Å². The van der Waals surface area contributed by atoms with Crippen LogP contribution in [0.2, 0.25) is 0 Å². The number of nitrogens with one attached hydrogen (secondary N) is 1. The molecular weight excluding hydrogens is 238 g/mol. The van der Waals surface area contributed by atoms with Crippen LogP contribution in [0.4, 0.5) is 5.82 Å². The Balaban J connectivity index is 2.43. The van der Waals surface area contributed by atoms with Gasteiger partial charge in [0, 0.05) is 24.4 Å². The predicted octanol–water partition coefficient (Wildman–Crippen LogP) is 3.06. The molecule has 0 saturated carbocycles. The van der Waals surface area contributed by atoms with Crippen LogP contribution in [0.5, 0.6) is 0 Å². The Morgan fingerprint density at radius 3 is 2.63 bits per heavy atom. The van der Waals surface area contributed by atoms with Crippen LogP contribution in [0.1, 0.15) is 57.6 Å². The second-order valence-corrected chi connectivity index (χ2v) is 5.22. The van der Waals surface area contributed by atoms with Gasteiger partial charge in [-0.15, -0.1) is 0 Å². The maximum absolute atomic E-state index is 5.90. The number of hydrogen-bond acceptors (Lipinski definition) is 4. The molecule has 106 valence electrons. The molecule has 0 aromatic carbocycles. The smallest absolute Gasteiger partial charge is 0.162 e. The van der Waals surface area contributed by atoms with Gasteiger partial charge in [-0.2, -0.15) is 0 Å². The van der Waals surface area contributed by atoms with Gasteiger partial charge in [0.25, 0.3) is 0 Å². The van der Waals surface area contributed by atoms with Gasteiger partial charge in [0.05, 0.1) is 0 Å². The molecule has 1 unspecified atom stereocenters. The molecule has 1 aliphatic carbocycles. The van der Waals surface area contributed by atoms with Crippen molar-refractivity contribution in [1.29, 1.82) is 0 Å². The summed E-state index contributed by atoms with van der Waals surface area (Å²) in [4.78, 5) is 9.53. The van der Waals surface area contributed by atoms with E-state index >= 15 is 0 Å². The van der Waals surface area contributed by atoms with Gasteiger partial charge in [0.2, 0.25) is 0 Å². The molecule has 0 spiro atoms. The van der Waals surface area contributed by atoms with Crippen LogP contribution in [0.15, 0.2) is 0 Å². The largest absolute Gasteiger partial charge is 0.370 e. The van der Waals surface area contributed by atoms with Gasteiger partial charge in [-0.25, -0.2) is 9.97 Å². The van der Waals surface area contributed by atoms with Crippen molar-refractivity contribution in [3.8, 4) is 0 Å². The molecule has 0 aliphatic heterocycles.